The second-order valence-electron chi connectivity index (χ2n) is 2.26. The minimum Gasteiger partial charge on any atom is -0.305 e. The van der Waals surface area contributed by atoms with Gasteiger partial charge in [0.25, 0.3) is 5.91 Å². The summed E-state index contributed by atoms with van der Waals surface area (Å²) in [6.45, 7) is 0. The molecule has 13 heavy (non-hydrogen) atoms. The van der Waals surface area contributed by atoms with Crippen LogP contribution < -0.4 is 5.32 Å². The first-order valence-corrected chi connectivity index (χ1v) is 4.44. The number of aromatic nitrogens is 3. The van der Waals surface area contributed by atoms with Crippen molar-refractivity contribution in [2.75, 3.05) is 5.32 Å². The fourth-order valence-electron chi connectivity index (χ4n) is 0.837. The van der Waals surface area contributed by atoms with Gasteiger partial charge in [0.05, 0.1) is 6.20 Å². The third-order valence-electron chi connectivity index (χ3n) is 1.38. The second kappa shape index (κ2) is 3.36. The molecule has 6 heteroatoms. The Morgan fingerprint density at radius 3 is 3.08 bits per heavy atom. The van der Waals surface area contributed by atoms with Crippen molar-refractivity contribution in [1.29, 1.82) is 0 Å². The summed E-state index contributed by atoms with van der Waals surface area (Å²) in [5.41, 5.74) is 0. The van der Waals surface area contributed by atoms with Crippen LogP contribution in [0.2, 0.25) is 0 Å². The largest absolute Gasteiger partial charge is 0.305 e. The molecule has 0 atom stereocenters. The predicted octanol–water partition coefficient (Wildman–Crippen LogP) is 1.12. The van der Waals surface area contributed by atoms with E-state index >= 15 is 0 Å². The van der Waals surface area contributed by atoms with Crippen molar-refractivity contribution in [1.82, 2.24) is 15.2 Å². The van der Waals surface area contributed by atoms with E-state index in [1.54, 1.807) is 23.8 Å². The lowest BCUT2D eigenvalue weighted by Crippen LogP contribution is -2.11. The lowest BCUT2D eigenvalue weighted by Gasteiger charge is -1.96. The standard InChI is InChI=1S/C7H6N4OS/c12-6(7-8-3-4-13-7)10-5-1-2-9-11-5/h1-4H,(H2,9,10,11,12). The van der Waals surface area contributed by atoms with Gasteiger partial charge in [-0.05, 0) is 0 Å². The number of anilines is 1. The zero-order valence-corrected chi connectivity index (χ0v) is 7.34. The van der Waals surface area contributed by atoms with Crippen LogP contribution >= 0.6 is 11.3 Å². The Bertz CT molecular complexity index is 381. The van der Waals surface area contributed by atoms with E-state index in [1.807, 2.05) is 0 Å². The summed E-state index contributed by atoms with van der Waals surface area (Å²) >= 11 is 1.30. The summed E-state index contributed by atoms with van der Waals surface area (Å²) in [7, 11) is 0. The van der Waals surface area contributed by atoms with Gasteiger partial charge >= 0.3 is 0 Å². The third-order valence-corrected chi connectivity index (χ3v) is 2.15. The molecule has 0 fully saturated rings. The van der Waals surface area contributed by atoms with E-state index < -0.39 is 0 Å². The number of hydrogen-bond donors (Lipinski definition) is 2. The molecule has 0 aliphatic carbocycles. The van der Waals surface area contributed by atoms with Gasteiger partial charge in [0.15, 0.2) is 5.01 Å². The van der Waals surface area contributed by atoms with Crippen LogP contribution in [0, 0.1) is 0 Å². The first kappa shape index (κ1) is 7.93. The summed E-state index contributed by atoms with van der Waals surface area (Å²) in [4.78, 5) is 15.2. The number of rotatable bonds is 2. The third kappa shape index (κ3) is 1.73. The van der Waals surface area contributed by atoms with Gasteiger partial charge in [-0.3, -0.25) is 9.89 Å². The summed E-state index contributed by atoms with van der Waals surface area (Å²) in [5, 5.41) is 11.1. The number of H-pyrrole nitrogens is 1. The van der Waals surface area contributed by atoms with Gasteiger partial charge < -0.3 is 5.32 Å². The molecule has 0 aliphatic heterocycles. The maximum Gasteiger partial charge on any atom is 0.285 e. The number of nitrogens with one attached hydrogen (secondary N) is 2. The van der Waals surface area contributed by atoms with Crippen molar-refractivity contribution >= 4 is 23.1 Å². The van der Waals surface area contributed by atoms with Crippen molar-refractivity contribution in [3.63, 3.8) is 0 Å². The molecule has 0 spiro atoms. The van der Waals surface area contributed by atoms with Crippen LogP contribution in [0.25, 0.3) is 0 Å². The molecule has 1 amide bonds. The fraction of sp³-hybridized carbons (Fsp3) is 0. The van der Waals surface area contributed by atoms with Crippen LogP contribution in [0.4, 0.5) is 5.82 Å². The van der Waals surface area contributed by atoms with Crippen LogP contribution in [0.3, 0.4) is 0 Å². The zero-order chi connectivity index (χ0) is 9.10. The van der Waals surface area contributed by atoms with Gasteiger partial charge in [-0.2, -0.15) is 5.10 Å². The van der Waals surface area contributed by atoms with Crippen molar-refractivity contribution in [3.8, 4) is 0 Å². The van der Waals surface area contributed by atoms with Gasteiger partial charge in [-0.15, -0.1) is 11.3 Å². The average Bonchev–Trinajstić information content (AvgIpc) is 2.74. The lowest BCUT2D eigenvalue weighted by atomic mass is 10.5. The van der Waals surface area contributed by atoms with E-state index in [4.69, 9.17) is 0 Å². The maximum absolute atomic E-state index is 11.4. The smallest absolute Gasteiger partial charge is 0.285 e. The Morgan fingerprint density at radius 1 is 1.54 bits per heavy atom. The highest BCUT2D eigenvalue weighted by atomic mass is 32.1. The van der Waals surface area contributed by atoms with E-state index in [1.165, 1.54) is 11.3 Å². The first-order chi connectivity index (χ1) is 6.36. The molecule has 2 rings (SSSR count). The molecule has 2 aromatic heterocycles. The molecule has 0 radical (unpaired) electrons. The number of carbonyl (C=O) groups is 1. The summed E-state index contributed by atoms with van der Waals surface area (Å²) in [6.07, 6.45) is 3.16. The van der Waals surface area contributed by atoms with Crippen LogP contribution in [-0.2, 0) is 0 Å². The van der Waals surface area contributed by atoms with Crippen LogP contribution in [0.1, 0.15) is 9.80 Å². The van der Waals surface area contributed by atoms with Crippen molar-refractivity contribution in [3.05, 3.63) is 28.8 Å². The highest BCUT2D eigenvalue weighted by molar-refractivity contribution is 7.11. The number of nitrogens with zero attached hydrogens (tertiary/aromatic N) is 2. The second-order valence-corrected chi connectivity index (χ2v) is 3.16. The zero-order valence-electron chi connectivity index (χ0n) is 6.52. The Kier molecular flexibility index (Phi) is 2.05. The van der Waals surface area contributed by atoms with Gasteiger partial charge in [0, 0.05) is 17.6 Å². The van der Waals surface area contributed by atoms with Gasteiger partial charge in [-0.1, -0.05) is 0 Å². The molecule has 2 N–H and O–H groups in total. The first-order valence-electron chi connectivity index (χ1n) is 3.56. The normalized spacial score (nSPS) is 9.85. The van der Waals surface area contributed by atoms with Crippen molar-refractivity contribution in [2.45, 2.75) is 0 Å². The average molecular weight is 194 g/mol. The number of amides is 1. The Morgan fingerprint density at radius 2 is 2.46 bits per heavy atom. The number of hydrogen-bond acceptors (Lipinski definition) is 4. The Balaban J connectivity index is 2.08. The van der Waals surface area contributed by atoms with E-state index in [-0.39, 0.29) is 5.91 Å². The molecule has 0 saturated heterocycles. The summed E-state index contributed by atoms with van der Waals surface area (Å²) in [5.74, 6) is 0.347. The highest BCUT2D eigenvalue weighted by Crippen LogP contribution is 2.07. The van der Waals surface area contributed by atoms with Crippen LogP contribution in [-0.4, -0.2) is 21.1 Å². The molecule has 0 unspecified atom stereocenters. The van der Waals surface area contributed by atoms with E-state index in [2.05, 4.69) is 20.5 Å². The maximum atomic E-state index is 11.4. The molecule has 0 aliphatic rings. The van der Waals surface area contributed by atoms with Gasteiger partial charge in [-0.25, -0.2) is 4.98 Å². The number of aromatic amines is 1. The van der Waals surface area contributed by atoms with Gasteiger partial charge in [0.1, 0.15) is 5.82 Å². The topological polar surface area (TPSA) is 70.7 Å². The monoisotopic (exact) mass is 194 g/mol. The Labute approximate surface area is 77.8 Å². The molecular weight excluding hydrogens is 188 g/mol. The highest BCUT2D eigenvalue weighted by Gasteiger charge is 2.08. The predicted molar refractivity (Wildman–Crippen MR) is 48.7 cm³/mol. The minimum absolute atomic E-state index is 0.223. The summed E-state index contributed by atoms with van der Waals surface area (Å²) < 4.78 is 0. The fourth-order valence-corrected chi connectivity index (χ4v) is 1.37. The van der Waals surface area contributed by atoms with Crippen LogP contribution in [0.15, 0.2) is 23.8 Å². The number of carbonyl (C=O) groups excluding carboxylic acids is 1. The number of thiazole rings is 1. The minimum atomic E-state index is -0.223. The molecule has 0 aromatic carbocycles. The molecule has 0 bridgehead atoms. The molecule has 2 aromatic rings. The lowest BCUT2D eigenvalue weighted by molar-refractivity contribution is 0.102. The van der Waals surface area contributed by atoms with Crippen molar-refractivity contribution in [2.24, 2.45) is 0 Å². The Hall–Kier alpha value is -1.69. The van der Waals surface area contributed by atoms with E-state index in [0.717, 1.165) is 0 Å². The SMILES string of the molecule is O=C(Nc1ccn[nH]1)c1nccs1. The molecule has 0 saturated carbocycles. The van der Waals surface area contributed by atoms with E-state index in [0.29, 0.717) is 10.8 Å². The van der Waals surface area contributed by atoms with E-state index in [9.17, 15) is 4.79 Å². The summed E-state index contributed by atoms with van der Waals surface area (Å²) in [6, 6.07) is 1.67. The molecule has 5 nitrogen and oxygen atoms in total. The quantitative estimate of drug-likeness (QED) is 0.752. The molecular formula is C7H6N4OS. The van der Waals surface area contributed by atoms with Crippen molar-refractivity contribution < 1.29 is 4.79 Å². The molecule has 2 heterocycles. The molecule has 66 valence electrons. The van der Waals surface area contributed by atoms with Gasteiger partial charge in [0.2, 0.25) is 0 Å². The van der Waals surface area contributed by atoms with Crippen LogP contribution in [0.5, 0.6) is 0 Å².